The summed E-state index contributed by atoms with van der Waals surface area (Å²) < 4.78 is 57.5. The minimum Gasteiger partial charge on any atom is -0.279 e. The summed E-state index contributed by atoms with van der Waals surface area (Å²) in [5.41, 5.74) is -5.53. The summed E-state index contributed by atoms with van der Waals surface area (Å²) in [7, 11) is -5.84. The number of thioether (sulfide) groups is 1. The highest BCUT2D eigenvalue weighted by Gasteiger charge is 2.44. The molecule has 1 aromatic carbocycles. The lowest BCUT2D eigenvalue weighted by Gasteiger charge is -2.02. The van der Waals surface area contributed by atoms with Crippen molar-refractivity contribution < 1.29 is 26.1 Å². The van der Waals surface area contributed by atoms with E-state index in [9.17, 15) is 13.2 Å². The molecule has 0 saturated carbocycles. The van der Waals surface area contributed by atoms with Crippen molar-refractivity contribution in [3.05, 3.63) is 30.3 Å². The Kier molecular flexibility index (Phi) is 7.46. The normalized spacial score (nSPS) is 11.9. The Labute approximate surface area is 115 Å². The molecule has 0 saturated heterocycles. The minimum atomic E-state index is -5.84. The van der Waals surface area contributed by atoms with Crippen molar-refractivity contribution in [2.24, 2.45) is 5.92 Å². The van der Waals surface area contributed by atoms with Crippen LogP contribution in [0.25, 0.3) is 0 Å². The van der Waals surface area contributed by atoms with Gasteiger partial charge in [0.1, 0.15) is 0 Å². The van der Waals surface area contributed by atoms with Gasteiger partial charge in [0.15, 0.2) is 0 Å². The molecular weight excluding hydrogens is 301 g/mol. The number of hydrogen-bond donors (Lipinski definition) is 1. The maximum atomic E-state index is 10.7. The molecular formula is C11H15F3O3S2. The van der Waals surface area contributed by atoms with E-state index in [1.165, 1.54) is 10.6 Å². The molecule has 1 aromatic rings. The SMILES string of the molecule is CC(C)CSc1ccccc1.O=S(=O)(O)C(F)(F)F. The Morgan fingerprint density at radius 1 is 1.21 bits per heavy atom. The maximum Gasteiger partial charge on any atom is 0.522 e. The van der Waals surface area contributed by atoms with E-state index in [1.54, 1.807) is 0 Å². The molecule has 8 heteroatoms. The van der Waals surface area contributed by atoms with Crippen molar-refractivity contribution in [1.29, 1.82) is 0 Å². The van der Waals surface area contributed by atoms with Crippen LogP contribution in [0, 0.1) is 5.92 Å². The van der Waals surface area contributed by atoms with Gasteiger partial charge in [0.05, 0.1) is 0 Å². The average Bonchev–Trinajstić information content (AvgIpc) is 2.26. The van der Waals surface area contributed by atoms with E-state index in [0.717, 1.165) is 5.92 Å². The predicted octanol–water partition coefficient (Wildman–Crippen LogP) is 3.83. The molecule has 110 valence electrons. The van der Waals surface area contributed by atoms with E-state index in [1.807, 2.05) is 11.8 Å². The molecule has 0 spiro atoms. The van der Waals surface area contributed by atoms with Crippen LogP contribution in [0.15, 0.2) is 35.2 Å². The van der Waals surface area contributed by atoms with Crippen LogP contribution in [-0.4, -0.2) is 24.2 Å². The third-order valence-electron chi connectivity index (χ3n) is 1.62. The van der Waals surface area contributed by atoms with Crippen LogP contribution in [0.4, 0.5) is 13.2 Å². The monoisotopic (exact) mass is 316 g/mol. The number of rotatable bonds is 3. The largest absolute Gasteiger partial charge is 0.522 e. The van der Waals surface area contributed by atoms with Gasteiger partial charge in [-0.15, -0.1) is 11.8 Å². The Hall–Kier alpha value is -0.730. The van der Waals surface area contributed by atoms with E-state index in [4.69, 9.17) is 13.0 Å². The van der Waals surface area contributed by atoms with Gasteiger partial charge in [-0.1, -0.05) is 32.0 Å². The third kappa shape index (κ3) is 8.90. The van der Waals surface area contributed by atoms with Gasteiger partial charge >= 0.3 is 15.6 Å². The summed E-state index contributed by atoms with van der Waals surface area (Å²) in [4.78, 5) is 1.38. The lowest BCUT2D eigenvalue weighted by molar-refractivity contribution is -0.0510. The maximum absolute atomic E-state index is 10.7. The highest BCUT2D eigenvalue weighted by Crippen LogP contribution is 2.20. The van der Waals surface area contributed by atoms with Crippen molar-refractivity contribution in [2.75, 3.05) is 5.75 Å². The van der Waals surface area contributed by atoms with Gasteiger partial charge in [0, 0.05) is 10.6 Å². The fourth-order valence-electron chi connectivity index (χ4n) is 0.780. The summed E-state index contributed by atoms with van der Waals surface area (Å²) in [6, 6.07) is 10.5. The summed E-state index contributed by atoms with van der Waals surface area (Å²) in [5, 5.41) is 0. The molecule has 3 nitrogen and oxygen atoms in total. The van der Waals surface area contributed by atoms with Crippen LogP contribution in [0.5, 0.6) is 0 Å². The van der Waals surface area contributed by atoms with Gasteiger partial charge in [-0.05, 0) is 18.1 Å². The Morgan fingerprint density at radius 3 is 1.95 bits per heavy atom. The van der Waals surface area contributed by atoms with Gasteiger partial charge in [0.25, 0.3) is 0 Å². The van der Waals surface area contributed by atoms with Gasteiger partial charge in [-0.2, -0.15) is 21.6 Å². The molecule has 0 fully saturated rings. The molecule has 0 aliphatic heterocycles. The van der Waals surface area contributed by atoms with E-state index in [0.29, 0.717) is 0 Å². The van der Waals surface area contributed by atoms with E-state index >= 15 is 0 Å². The van der Waals surface area contributed by atoms with Crippen molar-refractivity contribution in [3.63, 3.8) is 0 Å². The van der Waals surface area contributed by atoms with Crippen molar-refractivity contribution in [2.45, 2.75) is 24.3 Å². The molecule has 19 heavy (non-hydrogen) atoms. The van der Waals surface area contributed by atoms with E-state index in [-0.39, 0.29) is 0 Å². The summed E-state index contributed by atoms with van der Waals surface area (Å²) in [6.45, 7) is 4.49. The fraction of sp³-hybridized carbons (Fsp3) is 0.455. The molecule has 0 aromatic heterocycles. The molecule has 1 N–H and O–H groups in total. The summed E-state index contributed by atoms with van der Waals surface area (Å²) in [5.74, 6) is 1.99. The van der Waals surface area contributed by atoms with Crippen molar-refractivity contribution in [1.82, 2.24) is 0 Å². The Morgan fingerprint density at radius 2 is 1.63 bits per heavy atom. The minimum absolute atomic E-state index is 0.778. The highest BCUT2D eigenvalue weighted by molar-refractivity contribution is 7.99. The second-order valence-electron chi connectivity index (χ2n) is 3.94. The molecule has 0 aliphatic rings. The van der Waals surface area contributed by atoms with Gasteiger partial charge in [-0.3, -0.25) is 4.55 Å². The first-order valence-electron chi connectivity index (χ1n) is 5.25. The van der Waals surface area contributed by atoms with Gasteiger partial charge in [-0.25, -0.2) is 0 Å². The van der Waals surface area contributed by atoms with Crippen LogP contribution < -0.4 is 0 Å². The first kappa shape index (κ1) is 18.3. The summed E-state index contributed by atoms with van der Waals surface area (Å²) >= 11 is 1.93. The third-order valence-corrected chi connectivity index (χ3v) is 3.64. The second kappa shape index (κ2) is 7.76. The first-order chi connectivity index (χ1) is 8.54. The van der Waals surface area contributed by atoms with Crippen LogP contribution in [0.2, 0.25) is 0 Å². The van der Waals surface area contributed by atoms with Crippen molar-refractivity contribution >= 4 is 21.9 Å². The number of hydrogen-bond acceptors (Lipinski definition) is 3. The lowest BCUT2D eigenvalue weighted by Crippen LogP contribution is -2.21. The van der Waals surface area contributed by atoms with Crippen LogP contribution >= 0.6 is 11.8 Å². The highest BCUT2D eigenvalue weighted by atomic mass is 32.2. The molecule has 0 amide bonds. The number of alkyl halides is 3. The van der Waals surface area contributed by atoms with E-state index in [2.05, 4.69) is 44.2 Å². The Bertz CT molecular complexity index is 456. The molecule has 0 unspecified atom stereocenters. The molecule has 0 heterocycles. The first-order valence-corrected chi connectivity index (χ1v) is 7.68. The fourth-order valence-corrected chi connectivity index (χ4v) is 1.65. The zero-order chi connectivity index (χ0) is 15.1. The standard InChI is InChI=1S/C10H14S.CHF3O3S/c1-9(2)8-11-10-6-4-3-5-7-10;2-1(3,4)8(5,6)7/h3-7,9H,8H2,1-2H3;(H,5,6,7). The molecule has 0 atom stereocenters. The lowest BCUT2D eigenvalue weighted by atomic mass is 10.3. The van der Waals surface area contributed by atoms with E-state index < -0.39 is 15.6 Å². The van der Waals surface area contributed by atoms with Crippen LogP contribution in [-0.2, 0) is 10.1 Å². The smallest absolute Gasteiger partial charge is 0.279 e. The molecule has 1 rings (SSSR count). The molecule has 0 aliphatic carbocycles. The van der Waals surface area contributed by atoms with Gasteiger partial charge < -0.3 is 0 Å². The van der Waals surface area contributed by atoms with Crippen LogP contribution in [0.3, 0.4) is 0 Å². The Balaban J connectivity index is 0.000000362. The molecule has 0 bridgehead atoms. The predicted molar refractivity (Wildman–Crippen MR) is 69.6 cm³/mol. The summed E-state index contributed by atoms with van der Waals surface area (Å²) in [6.07, 6.45) is 0. The topological polar surface area (TPSA) is 54.4 Å². The number of benzene rings is 1. The molecule has 0 radical (unpaired) electrons. The number of halogens is 3. The second-order valence-corrected chi connectivity index (χ2v) is 6.45. The quantitative estimate of drug-likeness (QED) is 0.523. The van der Waals surface area contributed by atoms with Crippen molar-refractivity contribution in [3.8, 4) is 0 Å². The zero-order valence-electron chi connectivity index (χ0n) is 10.4. The van der Waals surface area contributed by atoms with Gasteiger partial charge in [0.2, 0.25) is 0 Å². The zero-order valence-corrected chi connectivity index (χ0v) is 12.0. The average molecular weight is 316 g/mol. The van der Waals surface area contributed by atoms with Crippen LogP contribution in [0.1, 0.15) is 13.8 Å².